The molecule has 112 valence electrons. The van der Waals surface area contributed by atoms with E-state index in [-0.39, 0.29) is 211 Å². The van der Waals surface area contributed by atoms with Crippen LogP contribution in [-0.4, -0.2) is 23.9 Å². The van der Waals surface area contributed by atoms with Crippen molar-refractivity contribution >= 4 is 34.6 Å². The van der Waals surface area contributed by atoms with Gasteiger partial charge in [-0.15, -0.1) is 0 Å². The van der Waals surface area contributed by atoms with E-state index < -0.39 is 51.5 Å². The number of benzene rings is 2. The predicted octanol–water partition coefficient (Wildman–Crippen LogP) is -15.7. The first-order chi connectivity index (χ1) is 10.2. The molecule has 0 fully saturated rings. The molecule has 0 unspecified atom stereocenters. The van der Waals surface area contributed by atoms with Crippen LogP contribution in [0.25, 0.3) is 10.8 Å². The van der Waals surface area contributed by atoms with Gasteiger partial charge in [-0.25, -0.2) is 0 Å². The first-order valence-electron chi connectivity index (χ1n) is 5.70. The molecule has 0 aliphatic carbocycles. The van der Waals surface area contributed by atoms with Crippen LogP contribution in [0.4, 0.5) is 0 Å². The van der Waals surface area contributed by atoms with Gasteiger partial charge in [0.05, 0.1) is 23.9 Å². The van der Waals surface area contributed by atoms with Gasteiger partial charge in [0.1, 0.15) is 0 Å². The molecule has 2 aromatic carbocycles. The monoisotopic (exact) mass is 456 g/mol. The average molecular weight is 457 g/mol. The number of carbonyl (C=O) groups excluding carboxylic acids is 4. The SMILES string of the molecule is O=C([O-])c1ccc2c(C(=O)[O-])cc(C(=O)[O-])c(C(=O)[O-])c2c1.[K+].[K+].[K+].[K+]. The first-order valence-corrected chi connectivity index (χ1v) is 5.70. The fourth-order valence-corrected chi connectivity index (χ4v) is 2.10. The molecule has 0 N–H and O–H groups in total. The van der Waals surface area contributed by atoms with E-state index in [0.29, 0.717) is 6.07 Å². The molecule has 0 radical (unpaired) electrons. The molecular formula is C14H4K4O8. The average Bonchev–Trinajstić information content (AvgIpc) is 2.43. The minimum Gasteiger partial charge on any atom is -0.545 e. The summed E-state index contributed by atoms with van der Waals surface area (Å²) in [4.78, 5) is 44.1. The molecule has 0 atom stereocenters. The molecular weight excluding hydrogens is 453 g/mol. The summed E-state index contributed by atoms with van der Waals surface area (Å²) in [6, 6.07) is 3.35. The van der Waals surface area contributed by atoms with Crippen LogP contribution in [0.1, 0.15) is 41.4 Å². The van der Waals surface area contributed by atoms with Gasteiger partial charge in [-0.2, -0.15) is 0 Å². The van der Waals surface area contributed by atoms with Crippen molar-refractivity contribution < 1.29 is 245 Å². The largest absolute Gasteiger partial charge is 1.00 e. The zero-order valence-electron chi connectivity index (χ0n) is 14.6. The number of hydrogen-bond donors (Lipinski definition) is 0. The van der Waals surface area contributed by atoms with Gasteiger partial charge >= 0.3 is 206 Å². The number of hydrogen-bond acceptors (Lipinski definition) is 8. The van der Waals surface area contributed by atoms with Crippen molar-refractivity contribution in [2.75, 3.05) is 0 Å². The summed E-state index contributed by atoms with van der Waals surface area (Å²) < 4.78 is 0. The second-order valence-corrected chi connectivity index (χ2v) is 4.26. The second kappa shape index (κ2) is 15.0. The molecule has 0 saturated heterocycles. The van der Waals surface area contributed by atoms with Gasteiger partial charge in [0.15, 0.2) is 0 Å². The Balaban J connectivity index is -0.00000132. The normalized spacial score (nSPS) is 8.77. The minimum absolute atomic E-state index is 0. The summed E-state index contributed by atoms with van der Waals surface area (Å²) in [6.07, 6.45) is 0. The van der Waals surface area contributed by atoms with Crippen molar-refractivity contribution in [1.29, 1.82) is 0 Å². The van der Waals surface area contributed by atoms with E-state index in [9.17, 15) is 39.6 Å². The molecule has 0 amide bonds. The van der Waals surface area contributed by atoms with Crippen LogP contribution in [0, 0.1) is 0 Å². The fraction of sp³-hybridized carbons (Fsp3) is 0. The number of fused-ring (bicyclic) bond motifs is 1. The van der Waals surface area contributed by atoms with Crippen molar-refractivity contribution in [3.05, 3.63) is 46.5 Å². The van der Waals surface area contributed by atoms with Crippen LogP contribution in [0.15, 0.2) is 24.3 Å². The standard InChI is InChI=1S/C14H8O8.4K/c15-11(16)5-1-2-6-7(3-5)10(14(21)22)9(13(19)20)4-8(6)12(17)18;;;;/h1-4H,(H,15,16)(H,17,18)(H,19,20)(H,21,22);;;;/q;4*+1/p-4. The van der Waals surface area contributed by atoms with Gasteiger partial charge in [0.25, 0.3) is 0 Å². The van der Waals surface area contributed by atoms with Crippen LogP contribution in [0.2, 0.25) is 0 Å². The van der Waals surface area contributed by atoms with E-state index >= 15 is 0 Å². The number of aromatic carboxylic acids is 4. The van der Waals surface area contributed by atoms with Gasteiger partial charge in [0, 0.05) is 16.7 Å². The zero-order chi connectivity index (χ0) is 16.6. The van der Waals surface area contributed by atoms with Gasteiger partial charge in [-0.05, 0) is 28.5 Å². The Hall–Kier alpha value is 3.13. The fourth-order valence-electron chi connectivity index (χ4n) is 2.10. The molecule has 26 heavy (non-hydrogen) atoms. The summed E-state index contributed by atoms with van der Waals surface area (Å²) >= 11 is 0. The second-order valence-electron chi connectivity index (χ2n) is 4.26. The molecule has 0 aliphatic heterocycles. The maximum Gasteiger partial charge on any atom is 1.00 e. The van der Waals surface area contributed by atoms with Gasteiger partial charge in [0.2, 0.25) is 0 Å². The Labute approximate surface area is 317 Å². The number of carboxylic acid groups (broad SMARTS) is 4. The Kier molecular flexibility index (Phi) is 19.5. The molecule has 2 rings (SSSR count). The summed E-state index contributed by atoms with van der Waals surface area (Å²) in [5, 5.41) is 43.4. The van der Waals surface area contributed by atoms with E-state index in [1.165, 1.54) is 0 Å². The third-order valence-electron chi connectivity index (χ3n) is 3.02. The maximum absolute atomic E-state index is 11.2. The smallest absolute Gasteiger partial charge is 0.545 e. The van der Waals surface area contributed by atoms with Crippen molar-refractivity contribution in [1.82, 2.24) is 0 Å². The Bertz CT molecular complexity index is 866. The molecule has 0 saturated carbocycles. The van der Waals surface area contributed by atoms with E-state index in [2.05, 4.69) is 0 Å². The molecule has 0 bridgehead atoms. The quantitative estimate of drug-likeness (QED) is 0.410. The van der Waals surface area contributed by atoms with E-state index in [1.807, 2.05) is 0 Å². The van der Waals surface area contributed by atoms with Crippen LogP contribution >= 0.6 is 0 Å². The first kappa shape index (κ1) is 33.8. The molecule has 8 nitrogen and oxygen atoms in total. The molecule has 0 heterocycles. The molecule has 2 aromatic rings. The summed E-state index contributed by atoms with van der Waals surface area (Å²) in [5.41, 5.74) is -2.93. The van der Waals surface area contributed by atoms with Crippen molar-refractivity contribution in [3.63, 3.8) is 0 Å². The summed E-state index contributed by atoms with van der Waals surface area (Å²) in [6.45, 7) is 0. The number of rotatable bonds is 4. The molecule has 12 heteroatoms. The third-order valence-corrected chi connectivity index (χ3v) is 3.02. The van der Waals surface area contributed by atoms with Gasteiger partial charge in [-0.3, -0.25) is 0 Å². The number of carbonyl (C=O) groups is 4. The van der Waals surface area contributed by atoms with Crippen molar-refractivity contribution in [2.24, 2.45) is 0 Å². The van der Waals surface area contributed by atoms with E-state index in [1.54, 1.807) is 0 Å². The topological polar surface area (TPSA) is 161 Å². The Morgan fingerprint density at radius 1 is 0.577 bits per heavy atom. The van der Waals surface area contributed by atoms with E-state index in [4.69, 9.17) is 0 Å². The number of carboxylic acids is 4. The van der Waals surface area contributed by atoms with Gasteiger partial charge < -0.3 is 39.6 Å². The summed E-state index contributed by atoms with van der Waals surface area (Å²) in [7, 11) is 0. The zero-order valence-corrected chi connectivity index (χ0v) is 27.1. The van der Waals surface area contributed by atoms with Crippen molar-refractivity contribution in [2.45, 2.75) is 0 Å². The molecule has 0 aliphatic rings. The Morgan fingerprint density at radius 3 is 1.46 bits per heavy atom. The van der Waals surface area contributed by atoms with E-state index in [0.717, 1.165) is 18.2 Å². The summed E-state index contributed by atoms with van der Waals surface area (Å²) in [5.74, 6) is -7.30. The predicted molar refractivity (Wildman–Crippen MR) is 61.3 cm³/mol. The third kappa shape index (κ3) is 7.99. The molecule has 0 aromatic heterocycles. The molecule has 0 spiro atoms. The van der Waals surface area contributed by atoms with Crippen LogP contribution in [0.3, 0.4) is 0 Å². The van der Waals surface area contributed by atoms with Crippen LogP contribution in [-0.2, 0) is 0 Å². The van der Waals surface area contributed by atoms with Crippen LogP contribution in [0.5, 0.6) is 0 Å². The van der Waals surface area contributed by atoms with Gasteiger partial charge in [-0.1, -0.05) is 12.1 Å². The van der Waals surface area contributed by atoms with Crippen molar-refractivity contribution in [3.8, 4) is 0 Å². The van der Waals surface area contributed by atoms with Crippen LogP contribution < -0.4 is 226 Å². The maximum atomic E-state index is 11.2. The Morgan fingerprint density at radius 2 is 1.08 bits per heavy atom. The minimum atomic E-state index is -1.96.